The van der Waals surface area contributed by atoms with Gasteiger partial charge in [-0.25, -0.2) is 0 Å². The van der Waals surface area contributed by atoms with Crippen LogP contribution in [0.1, 0.15) is 32.8 Å². The molecule has 129 valence electrons. The Labute approximate surface area is 164 Å². The van der Waals surface area contributed by atoms with Crippen molar-refractivity contribution in [2.24, 2.45) is 0 Å². The first-order chi connectivity index (χ1) is 10.6. The molecule has 0 N–H and O–H groups in total. The molecule has 0 aliphatic heterocycles. The Bertz CT molecular complexity index is 780. The summed E-state index contributed by atoms with van der Waals surface area (Å²) in [6.45, 7) is 7.38. The van der Waals surface area contributed by atoms with Gasteiger partial charge in [0.1, 0.15) is 0 Å². The number of halogens is 2. The summed E-state index contributed by atoms with van der Waals surface area (Å²) in [5, 5.41) is 5.05. The van der Waals surface area contributed by atoms with Gasteiger partial charge in [-0.3, -0.25) is 0 Å². The second-order valence-electron chi connectivity index (χ2n) is 5.89. The zero-order chi connectivity index (χ0) is 15.7. The van der Waals surface area contributed by atoms with Crippen LogP contribution in [0.3, 0.4) is 0 Å². The molecule has 0 saturated carbocycles. The summed E-state index contributed by atoms with van der Waals surface area (Å²) in [5.41, 5.74) is 5.78. The molecule has 24 heavy (non-hydrogen) atoms. The third-order valence-electron chi connectivity index (χ3n) is 4.62. The van der Waals surface area contributed by atoms with Gasteiger partial charge in [-0.15, -0.1) is 24.8 Å². The first-order valence-corrected chi connectivity index (χ1v) is 11.0. The third kappa shape index (κ3) is 3.98. The molecule has 1 aliphatic carbocycles. The van der Waals surface area contributed by atoms with Crippen molar-refractivity contribution in [1.82, 2.24) is 0 Å². The van der Waals surface area contributed by atoms with Crippen molar-refractivity contribution in [3.05, 3.63) is 59.2 Å². The molecule has 0 spiro atoms. The molecular weight excluding hydrogens is 375 g/mol. The summed E-state index contributed by atoms with van der Waals surface area (Å²) in [4.78, 5) is 0. The van der Waals surface area contributed by atoms with Gasteiger partial charge in [-0.05, 0) is 0 Å². The van der Waals surface area contributed by atoms with Crippen LogP contribution in [-0.4, -0.2) is 6.61 Å². The molecule has 0 heterocycles. The van der Waals surface area contributed by atoms with Gasteiger partial charge in [-0.1, -0.05) is 0 Å². The summed E-state index contributed by atoms with van der Waals surface area (Å²) in [5.74, 6) is 0. The minimum Gasteiger partial charge on any atom is -0.147 e. The van der Waals surface area contributed by atoms with Crippen LogP contribution in [0.2, 0.25) is 5.23 Å². The number of benzene rings is 2. The Morgan fingerprint density at radius 3 is 2.38 bits per heavy atom. The maximum atomic E-state index is 6.13. The molecule has 2 aromatic rings. The van der Waals surface area contributed by atoms with Gasteiger partial charge in [0.15, 0.2) is 0 Å². The van der Waals surface area contributed by atoms with Gasteiger partial charge >= 0.3 is 140 Å². The zero-order valence-corrected chi connectivity index (χ0v) is 17.9. The molecule has 0 unspecified atom stereocenters. The third-order valence-corrected chi connectivity index (χ3v) is 7.69. The standard InChI is InChI=1S/C17H15.C2H5O.CH3.2ClH.Ti/c1-12-7-10-17(13(12)2)16-9-8-14-5-3-4-6-15(14)11-16;1-2-3;;;;/h3-9H,10H2,1-2H3;2H2,1H3;1H3;2*1H;/q;-1;;;;+1. The van der Waals surface area contributed by atoms with E-state index in [-0.39, 0.29) is 24.8 Å². The first-order valence-electron chi connectivity index (χ1n) is 7.99. The molecule has 0 radical (unpaired) electrons. The van der Waals surface area contributed by atoms with E-state index < -0.39 is 18.3 Å². The van der Waals surface area contributed by atoms with E-state index in [1.807, 2.05) is 0 Å². The molecule has 0 fully saturated rings. The zero-order valence-electron chi connectivity index (χ0n) is 14.7. The van der Waals surface area contributed by atoms with Crippen molar-refractivity contribution in [3.8, 4) is 0 Å². The number of hydrogen-bond donors (Lipinski definition) is 0. The van der Waals surface area contributed by atoms with Crippen molar-refractivity contribution in [1.29, 1.82) is 0 Å². The van der Waals surface area contributed by atoms with Crippen LogP contribution >= 0.6 is 24.8 Å². The molecule has 0 bridgehead atoms. The van der Waals surface area contributed by atoms with Gasteiger partial charge in [0.25, 0.3) is 0 Å². The number of hydrogen-bond acceptors (Lipinski definition) is 1. The Morgan fingerprint density at radius 2 is 1.75 bits per heavy atom. The second-order valence-corrected chi connectivity index (χ2v) is 8.86. The quantitative estimate of drug-likeness (QED) is 0.568. The van der Waals surface area contributed by atoms with Crippen molar-refractivity contribution < 1.29 is 21.6 Å². The molecule has 0 aromatic heterocycles. The van der Waals surface area contributed by atoms with E-state index in [1.165, 1.54) is 36.9 Å². The molecule has 1 nitrogen and oxygen atoms in total. The van der Waals surface area contributed by atoms with Crippen LogP contribution in [0.25, 0.3) is 16.3 Å². The van der Waals surface area contributed by atoms with E-state index in [2.05, 4.69) is 68.5 Å². The van der Waals surface area contributed by atoms with Crippen LogP contribution in [-0.2, 0) is 21.6 Å². The maximum Gasteiger partial charge on any atom is -0.147 e. The van der Waals surface area contributed by atoms with Gasteiger partial charge < -0.3 is 0 Å². The van der Waals surface area contributed by atoms with Gasteiger partial charge in [0.2, 0.25) is 0 Å². The van der Waals surface area contributed by atoms with E-state index in [4.69, 9.17) is 3.32 Å². The largest absolute Gasteiger partial charge is 0.147 e. The smallest absolute Gasteiger partial charge is 0.147 e. The molecule has 1 aliphatic rings. The van der Waals surface area contributed by atoms with Gasteiger partial charge in [0.05, 0.1) is 0 Å². The predicted octanol–water partition coefficient (Wildman–Crippen LogP) is 6.05. The molecule has 0 atom stereocenters. The molecule has 2 aromatic carbocycles. The van der Waals surface area contributed by atoms with Crippen LogP contribution in [0.4, 0.5) is 0 Å². The summed E-state index contributed by atoms with van der Waals surface area (Å²) in [6.07, 6.45) is 3.40. The fourth-order valence-electron chi connectivity index (χ4n) is 3.30. The molecule has 3 rings (SSSR count). The summed E-state index contributed by atoms with van der Waals surface area (Å²) < 4.78 is 7.62. The number of rotatable bonds is 4. The second kappa shape index (κ2) is 9.22. The van der Waals surface area contributed by atoms with E-state index >= 15 is 0 Å². The summed E-state index contributed by atoms with van der Waals surface area (Å²) >= 11 is -1.71. The fraction of sp³-hybridized carbons (Fsp3) is 0.300. The van der Waals surface area contributed by atoms with Crippen molar-refractivity contribution >= 4 is 45.0 Å². The van der Waals surface area contributed by atoms with Crippen LogP contribution in [0.5, 0.6) is 0 Å². The fourth-order valence-corrected chi connectivity index (χ4v) is 6.11. The molecule has 4 heteroatoms. The minimum absolute atomic E-state index is 0. The maximum absolute atomic E-state index is 6.13. The first kappa shape index (κ1) is 21.5. The number of allylic oxidation sites excluding steroid dienone is 4. The Hall–Kier alpha value is -0.566. The Kier molecular flexibility index (Phi) is 8.25. The summed E-state index contributed by atoms with van der Waals surface area (Å²) in [6, 6.07) is 13.3. The van der Waals surface area contributed by atoms with E-state index in [0.717, 1.165) is 13.0 Å². The van der Waals surface area contributed by atoms with E-state index in [1.54, 1.807) is 0 Å². The normalized spacial score (nSPS) is 13.4. The van der Waals surface area contributed by atoms with Crippen molar-refractivity contribution in [3.63, 3.8) is 0 Å². The van der Waals surface area contributed by atoms with Crippen LogP contribution in [0.15, 0.2) is 53.6 Å². The topological polar surface area (TPSA) is 9.23 Å². The van der Waals surface area contributed by atoms with E-state index in [9.17, 15) is 0 Å². The van der Waals surface area contributed by atoms with Crippen molar-refractivity contribution in [2.45, 2.75) is 32.4 Å². The van der Waals surface area contributed by atoms with Gasteiger partial charge in [0, 0.05) is 0 Å². The molecule has 0 saturated heterocycles. The molecular formula is C20H25Cl2OTi. The minimum atomic E-state index is -1.71. The average Bonchev–Trinajstić information content (AvgIpc) is 2.86. The van der Waals surface area contributed by atoms with Crippen LogP contribution < -0.4 is 3.87 Å². The van der Waals surface area contributed by atoms with E-state index in [0.29, 0.717) is 0 Å². The van der Waals surface area contributed by atoms with Crippen molar-refractivity contribution in [2.75, 3.05) is 6.61 Å². The Morgan fingerprint density at radius 1 is 1.04 bits per heavy atom. The SMILES string of the molecule is CC[O][Ti]([CH3])[c]1c(C2=C(C)C(C)=CC2)ccc2ccccc12.Cl.Cl. The van der Waals surface area contributed by atoms with Gasteiger partial charge in [-0.2, -0.15) is 0 Å². The number of fused-ring (bicyclic) bond motifs is 1. The summed E-state index contributed by atoms with van der Waals surface area (Å²) in [7, 11) is 0. The van der Waals surface area contributed by atoms with Crippen LogP contribution in [0, 0.1) is 0 Å². The average molecular weight is 400 g/mol. The monoisotopic (exact) mass is 399 g/mol. The molecule has 0 amide bonds. The Balaban J connectivity index is 0.00000144. The predicted molar refractivity (Wildman–Crippen MR) is 107 cm³/mol.